The summed E-state index contributed by atoms with van der Waals surface area (Å²) in [6.45, 7) is 9.25. The van der Waals surface area contributed by atoms with Gasteiger partial charge in [0.25, 0.3) is 5.91 Å². The lowest BCUT2D eigenvalue weighted by molar-refractivity contribution is -0.127. The molecule has 1 N–H and O–H groups in total. The molecule has 2 aromatic rings. The highest BCUT2D eigenvalue weighted by Crippen LogP contribution is 2.34. The molecule has 7 nitrogen and oxygen atoms in total. The van der Waals surface area contributed by atoms with Gasteiger partial charge >= 0.3 is 0 Å². The van der Waals surface area contributed by atoms with Crippen LogP contribution < -0.4 is 5.32 Å². The van der Waals surface area contributed by atoms with E-state index in [1.165, 1.54) is 17.7 Å². The number of fused-ring (bicyclic) bond motifs is 1. The van der Waals surface area contributed by atoms with E-state index in [9.17, 15) is 9.59 Å². The third-order valence-electron chi connectivity index (χ3n) is 4.98. The Balaban J connectivity index is 1.70. The number of amides is 2. The minimum Gasteiger partial charge on any atom is -0.369 e. The standard InChI is InChI=1S/C20H29N5O2S/c1-13(2)11-24(4)20(27)17-14(3)16-18(22-12-23-19(16)28-17)21-8-6-10-25-9-5-7-15(25)26/h12-13H,5-11H2,1-4H3,(H,21,22,23). The molecule has 0 bridgehead atoms. The molecule has 1 fully saturated rings. The van der Waals surface area contributed by atoms with Crippen LogP contribution in [0.15, 0.2) is 6.33 Å². The van der Waals surface area contributed by atoms with Gasteiger partial charge in [0.1, 0.15) is 17.0 Å². The number of aryl methyl sites for hydroxylation is 1. The van der Waals surface area contributed by atoms with Gasteiger partial charge in [-0.3, -0.25) is 9.59 Å². The first kappa shape index (κ1) is 20.5. The van der Waals surface area contributed by atoms with Crippen molar-refractivity contribution in [2.45, 2.75) is 40.0 Å². The average Bonchev–Trinajstić information content (AvgIpc) is 3.21. The van der Waals surface area contributed by atoms with E-state index < -0.39 is 0 Å². The summed E-state index contributed by atoms with van der Waals surface area (Å²) >= 11 is 1.43. The maximum atomic E-state index is 12.9. The van der Waals surface area contributed by atoms with E-state index in [0.717, 1.165) is 65.5 Å². The summed E-state index contributed by atoms with van der Waals surface area (Å²) in [6, 6.07) is 0. The Labute approximate surface area is 170 Å². The minimum atomic E-state index is 0.0349. The summed E-state index contributed by atoms with van der Waals surface area (Å²) in [5, 5.41) is 4.30. The number of anilines is 1. The van der Waals surface area contributed by atoms with Gasteiger partial charge in [0.05, 0.1) is 10.3 Å². The van der Waals surface area contributed by atoms with Gasteiger partial charge in [-0.2, -0.15) is 0 Å². The number of aromatic nitrogens is 2. The second kappa shape index (κ2) is 8.86. The first-order valence-electron chi connectivity index (χ1n) is 9.89. The topological polar surface area (TPSA) is 78.4 Å². The molecule has 28 heavy (non-hydrogen) atoms. The van der Waals surface area contributed by atoms with Crippen LogP contribution in [-0.4, -0.2) is 64.8 Å². The molecule has 8 heteroatoms. The van der Waals surface area contributed by atoms with Crippen LogP contribution in [0.4, 0.5) is 5.82 Å². The Morgan fingerprint density at radius 3 is 2.86 bits per heavy atom. The Kier molecular flexibility index (Phi) is 6.49. The van der Waals surface area contributed by atoms with E-state index in [4.69, 9.17) is 0 Å². The number of rotatable bonds is 8. The molecule has 3 heterocycles. The van der Waals surface area contributed by atoms with E-state index in [0.29, 0.717) is 12.3 Å². The van der Waals surface area contributed by atoms with Gasteiger partial charge in [-0.15, -0.1) is 11.3 Å². The van der Waals surface area contributed by atoms with E-state index in [1.807, 2.05) is 18.9 Å². The molecule has 0 saturated carbocycles. The molecule has 0 unspecified atom stereocenters. The Hall–Kier alpha value is -2.22. The summed E-state index contributed by atoms with van der Waals surface area (Å²) in [4.78, 5) is 38.6. The molecule has 152 valence electrons. The highest BCUT2D eigenvalue weighted by Gasteiger charge is 2.22. The summed E-state index contributed by atoms with van der Waals surface area (Å²) in [6.07, 6.45) is 4.05. The van der Waals surface area contributed by atoms with Gasteiger partial charge in [0.2, 0.25) is 5.91 Å². The molecule has 0 atom stereocenters. The molecule has 2 amide bonds. The quantitative estimate of drug-likeness (QED) is 0.685. The third-order valence-corrected chi connectivity index (χ3v) is 6.16. The number of nitrogens with zero attached hydrogens (tertiary/aromatic N) is 4. The van der Waals surface area contributed by atoms with E-state index in [-0.39, 0.29) is 11.8 Å². The maximum Gasteiger partial charge on any atom is 0.264 e. The lowest BCUT2D eigenvalue weighted by Crippen LogP contribution is -2.30. The number of carbonyl (C=O) groups excluding carboxylic acids is 2. The zero-order chi connectivity index (χ0) is 20.3. The molecule has 2 aromatic heterocycles. The van der Waals surface area contributed by atoms with Gasteiger partial charge < -0.3 is 15.1 Å². The summed E-state index contributed by atoms with van der Waals surface area (Å²) in [5.74, 6) is 1.47. The zero-order valence-corrected chi connectivity index (χ0v) is 17.9. The average molecular weight is 404 g/mol. The SMILES string of the molecule is Cc1c(C(=O)N(C)CC(C)C)sc2ncnc(NCCCN3CCCC3=O)c12. The molecular formula is C20H29N5O2S. The van der Waals surface area contributed by atoms with Crippen LogP contribution in [0, 0.1) is 12.8 Å². The highest BCUT2D eigenvalue weighted by molar-refractivity contribution is 7.20. The zero-order valence-electron chi connectivity index (χ0n) is 17.1. The van der Waals surface area contributed by atoms with Crippen LogP contribution in [-0.2, 0) is 4.79 Å². The molecule has 0 aromatic carbocycles. The van der Waals surface area contributed by atoms with Gasteiger partial charge in [0.15, 0.2) is 0 Å². The third kappa shape index (κ3) is 4.43. The Morgan fingerprint density at radius 1 is 1.39 bits per heavy atom. The minimum absolute atomic E-state index is 0.0349. The van der Waals surface area contributed by atoms with Crippen LogP contribution in [0.25, 0.3) is 10.2 Å². The highest BCUT2D eigenvalue weighted by atomic mass is 32.1. The fraction of sp³-hybridized carbons (Fsp3) is 0.600. The van der Waals surface area contributed by atoms with Crippen molar-refractivity contribution >= 4 is 39.2 Å². The van der Waals surface area contributed by atoms with E-state index in [2.05, 4.69) is 29.1 Å². The van der Waals surface area contributed by atoms with Crippen LogP contribution in [0.3, 0.4) is 0 Å². The van der Waals surface area contributed by atoms with Crippen molar-refractivity contribution in [2.75, 3.05) is 38.5 Å². The van der Waals surface area contributed by atoms with Gasteiger partial charge in [-0.05, 0) is 31.2 Å². The molecule has 0 radical (unpaired) electrons. The Morgan fingerprint density at radius 2 is 2.18 bits per heavy atom. The van der Waals surface area contributed by atoms with Crippen molar-refractivity contribution in [3.63, 3.8) is 0 Å². The fourth-order valence-corrected chi connectivity index (χ4v) is 4.77. The number of likely N-dealkylation sites (tertiary alicyclic amines) is 1. The second-order valence-corrected chi connectivity index (χ2v) is 8.80. The largest absolute Gasteiger partial charge is 0.369 e. The molecule has 1 saturated heterocycles. The summed E-state index contributed by atoms with van der Waals surface area (Å²) in [5.41, 5.74) is 0.929. The lowest BCUT2D eigenvalue weighted by atomic mass is 10.1. The van der Waals surface area contributed by atoms with Gasteiger partial charge in [-0.1, -0.05) is 13.8 Å². The maximum absolute atomic E-state index is 12.9. The number of carbonyl (C=O) groups is 2. The normalized spacial score (nSPS) is 14.3. The van der Waals surface area contributed by atoms with Crippen LogP contribution >= 0.6 is 11.3 Å². The first-order chi connectivity index (χ1) is 13.4. The monoisotopic (exact) mass is 403 g/mol. The number of hydrogen-bond acceptors (Lipinski definition) is 6. The van der Waals surface area contributed by atoms with Crippen molar-refractivity contribution in [3.8, 4) is 0 Å². The predicted molar refractivity (Wildman–Crippen MR) is 113 cm³/mol. The van der Waals surface area contributed by atoms with Crippen LogP contribution in [0.5, 0.6) is 0 Å². The summed E-state index contributed by atoms with van der Waals surface area (Å²) < 4.78 is 0. The van der Waals surface area contributed by atoms with Crippen molar-refractivity contribution < 1.29 is 9.59 Å². The molecular weight excluding hydrogens is 374 g/mol. The smallest absolute Gasteiger partial charge is 0.264 e. The van der Waals surface area contributed by atoms with Crippen molar-refractivity contribution in [1.82, 2.24) is 19.8 Å². The van der Waals surface area contributed by atoms with E-state index >= 15 is 0 Å². The second-order valence-electron chi connectivity index (χ2n) is 7.80. The van der Waals surface area contributed by atoms with Crippen molar-refractivity contribution in [3.05, 3.63) is 16.8 Å². The lowest BCUT2D eigenvalue weighted by Gasteiger charge is -2.19. The first-order valence-corrected chi connectivity index (χ1v) is 10.7. The number of nitrogens with one attached hydrogen (secondary N) is 1. The van der Waals surface area contributed by atoms with Crippen LogP contribution in [0.2, 0.25) is 0 Å². The van der Waals surface area contributed by atoms with Crippen molar-refractivity contribution in [2.24, 2.45) is 5.92 Å². The number of thiophene rings is 1. The molecule has 0 spiro atoms. The van der Waals surface area contributed by atoms with Crippen LogP contribution in [0.1, 0.15) is 48.3 Å². The predicted octanol–water partition coefficient (Wildman–Crippen LogP) is 3.15. The van der Waals surface area contributed by atoms with Gasteiger partial charge in [-0.25, -0.2) is 9.97 Å². The van der Waals surface area contributed by atoms with E-state index in [1.54, 1.807) is 4.90 Å². The van der Waals surface area contributed by atoms with Gasteiger partial charge in [0, 0.05) is 39.6 Å². The molecule has 0 aliphatic carbocycles. The van der Waals surface area contributed by atoms with Crippen molar-refractivity contribution in [1.29, 1.82) is 0 Å². The molecule has 1 aliphatic rings. The molecule has 3 rings (SSSR count). The fourth-order valence-electron chi connectivity index (χ4n) is 3.63. The Bertz CT molecular complexity index is 864. The summed E-state index contributed by atoms with van der Waals surface area (Å²) in [7, 11) is 1.84. The number of hydrogen-bond donors (Lipinski definition) is 1. The molecule has 1 aliphatic heterocycles.